The Labute approximate surface area is 120 Å². The predicted molar refractivity (Wildman–Crippen MR) is 80.0 cm³/mol. The van der Waals surface area contributed by atoms with Gasteiger partial charge in [0.2, 0.25) is 0 Å². The van der Waals surface area contributed by atoms with Crippen molar-refractivity contribution < 1.29 is 4.74 Å². The van der Waals surface area contributed by atoms with Crippen molar-refractivity contribution in [1.29, 1.82) is 0 Å². The normalized spacial score (nSPS) is 19.4. The molecule has 0 bridgehead atoms. The van der Waals surface area contributed by atoms with Gasteiger partial charge in [0.1, 0.15) is 0 Å². The van der Waals surface area contributed by atoms with E-state index in [1.54, 1.807) is 11.3 Å². The third-order valence-corrected chi connectivity index (χ3v) is 6.61. The fraction of sp³-hybridized carbons (Fsp3) is 0.667. The molecule has 2 rings (SSSR count). The minimum absolute atomic E-state index is 0.377. The van der Waals surface area contributed by atoms with Crippen molar-refractivity contribution in [3.8, 4) is 0 Å². The quantitative estimate of drug-likeness (QED) is 0.889. The molecule has 96 valence electrons. The van der Waals surface area contributed by atoms with Gasteiger partial charge in [-0.05, 0) is 46.5 Å². The number of hydrogen-bond donors (Lipinski definition) is 1. The van der Waals surface area contributed by atoms with E-state index in [0.717, 1.165) is 39.1 Å². The third kappa shape index (κ3) is 3.70. The van der Waals surface area contributed by atoms with Crippen molar-refractivity contribution in [3.05, 3.63) is 20.8 Å². The summed E-state index contributed by atoms with van der Waals surface area (Å²) >= 11 is 7.35. The van der Waals surface area contributed by atoms with Crippen LogP contribution in [-0.4, -0.2) is 30.8 Å². The average Bonchev–Trinajstić information content (AvgIpc) is 2.76. The van der Waals surface area contributed by atoms with Crippen LogP contribution >= 0.6 is 39.0 Å². The number of ether oxygens (including phenoxy) is 1. The van der Waals surface area contributed by atoms with Gasteiger partial charge in [-0.2, -0.15) is 11.8 Å². The molecule has 2 heterocycles. The van der Waals surface area contributed by atoms with Crippen LogP contribution in [0.25, 0.3) is 0 Å². The largest absolute Gasteiger partial charge is 0.381 e. The molecular formula is C12H18BrNOS2. The summed E-state index contributed by atoms with van der Waals surface area (Å²) in [6.45, 7) is 3.85. The van der Waals surface area contributed by atoms with Crippen LogP contribution in [0.4, 0.5) is 0 Å². The van der Waals surface area contributed by atoms with Crippen molar-refractivity contribution in [1.82, 2.24) is 5.32 Å². The Bertz CT molecular complexity index is 350. The Morgan fingerprint density at radius 2 is 2.29 bits per heavy atom. The Hall–Kier alpha value is 0.450. The van der Waals surface area contributed by atoms with E-state index in [0.29, 0.717) is 4.75 Å². The zero-order valence-corrected chi connectivity index (χ0v) is 13.2. The SMILES string of the molecule is CSC1(CNCc2sccc2Br)CCOCC1. The molecule has 0 aromatic carbocycles. The van der Waals surface area contributed by atoms with Gasteiger partial charge in [0.25, 0.3) is 0 Å². The van der Waals surface area contributed by atoms with Crippen LogP contribution in [0, 0.1) is 0 Å². The second-order valence-corrected chi connectivity index (χ2v) is 7.42. The molecular weight excluding hydrogens is 318 g/mol. The summed E-state index contributed by atoms with van der Waals surface area (Å²) in [5.41, 5.74) is 0. The zero-order valence-electron chi connectivity index (χ0n) is 10.0. The molecule has 17 heavy (non-hydrogen) atoms. The molecule has 0 unspecified atom stereocenters. The Morgan fingerprint density at radius 3 is 2.88 bits per heavy atom. The first-order chi connectivity index (χ1) is 8.26. The lowest BCUT2D eigenvalue weighted by Crippen LogP contribution is -2.42. The summed E-state index contributed by atoms with van der Waals surface area (Å²) in [6, 6.07) is 2.11. The van der Waals surface area contributed by atoms with Gasteiger partial charge in [0, 0.05) is 40.4 Å². The van der Waals surface area contributed by atoms with E-state index in [-0.39, 0.29) is 0 Å². The molecule has 1 fully saturated rings. The lowest BCUT2D eigenvalue weighted by Gasteiger charge is -2.35. The summed E-state index contributed by atoms with van der Waals surface area (Å²) in [7, 11) is 0. The Balaban J connectivity index is 1.82. The van der Waals surface area contributed by atoms with E-state index in [2.05, 4.69) is 38.9 Å². The first-order valence-corrected chi connectivity index (χ1v) is 8.71. The molecule has 1 aliphatic heterocycles. The van der Waals surface area contributed by atoms with Gasteiger partial charge < -0.3 is 10.1 Å². The van der Waals surface area contributed by atoms with Crippen molar-refractivity contribution in [2.75, 3.05) is 26.0 Å². The highest BCUT2D eigenvalue weighted by Crippen LogP contribution is 2.33. The second-order valence-electron chi connectivity index (χ2n) is 4.29. The molecule has 0 aliphatic carbocycles. The highest BCUT2D eigenvalue weighted by atomic mass is 79.9. The summed E-state index contributed by atoms with van der Waals surface area (Å²) in [5.74, 6) is 0. The molecule has 0 saturated carbocycles. The molecule has 1 N–H and O–H groups in total. The summed E-state index contributed by atoms with van der Waals surface area (Å²) in [4.78, 5) is 1.38. The second kappa shape index (κ2) is 6.57. The van der Waals surface area contributed by atoms with E-state index >= 15 is 0 Å². The molecule has 5 heteroatoms. The highest BCUT2D eigenvalue weighted by molar-refractivity contribution is 9.10. The minimum atomic E-state index is 0.377. The first-order valence-electron chi connectivity index (χ1n) is 5.81. The molecule has 0 atom stereocenters. The van der Waals surface area contributed by atoms with Gasteiger partial charge >= 0.3 is 0 Å². The molecule has 0 spiro atoms. The molecule has 0 amide bonds. The van der Waals surface area contributed by atoms with E-state index in [1.165, 1.54) is 9.35 Å². The zero-order chi connectivity index (χ0) is 12.1. The van der Waals surface area contributed by atoms with Crippen molar-refractivity contribution in [2.45, 2.75) is 24.1 Å². The van der Waals surface area contributed by atoms with Crippen molar-refractivity contribution in [2.24, 2.45) is 0 Å². The van der Waals surface area contributed by atoms with Crippen molar-refractivity contribution >= 4 is 39.0 Å². The molecule has 2 nitrogen and oxygen atoms in total. The van der Waals surface area contributed by atoms with Gasteiger partial charge in [-0.15, -0.1) is 11.3 Å². The Morgan fingerprint density at radius 1 is 1.53 bits per heavy atom. The maximum atomic E-state index is 5.45. The predicted octanol–water partition coefficient (Wildman–Crippen LogP) is 3.51. The van der Waals surface area contributed by atoms with Crippen LogP contribution < -0.4 is 5.32 Å². The van der Waals surface area contributed by atoms with Gasteiger partial charge in [-0.3, -0.25) is 0 Å². The number of halogens is 1. The molecule has 1 aromatic rings. The topological polar surface area (TPSA) is 21.3 Å². The van der Waals surface area contributed by atoms with Crippen molar-refractivity contribution in [3.63, 3.8) is 0 Å². The molecule has 1 aliphatic rings. The number of thiophene rings is 1. The van der Waals surface area contributed by atoms with E-state index in [4.69, 9.17) is 4.74 Å². The van der Waals surface area contributed by atoms with Gasteiger partial charge in [-0.1, -0.05) is 0 Å². The van der Waals surface area contributed by atoms with Gasteiger partial charge in [-0.25, -0.2) is 0 Å². The molecule has 1 saturated heterocycles. The number of nitrogens with one attached hydrogen (secondary N) is 1. The smallest absolute Gasteiger partial charge is 0.0479 e. The van der Waals surface area contributed by atoms with Crippen LogP contribution in [0.1, 0.15) is 17.7 Å². The lowest BCUT2D eigenvalue weighted by atomic mass is 9.99. The Kier molecular flexibility index (Phi) is 5.36. The highest BCUT2D eigenvalue weighted by Gasteiger charge is 2.31. The van der Waals surface area contributed by atoms with E-state index < -0.39 is 0 Å². The van der Waals surface area contributed by atoms with Crippen LogP contribution in [0.15, 0.2) is 15.9 Å². The average molecular weight is 336 g/mol. The summed E-state index contributed by atoms with van der Waals surface area (Å²) in [6.07, 6.45) is 4.54. The lowest BCUT2D eigenvalue weighted by molar-refractivity contribution is 0.0772. The van der Waals surface area contributed by atoms with Gasteiger partial charge in [0.05, 0.1) is 0 Å². The summed E-state index contributed by atoms with van der Waals surface area (Å²) in [5, 5.41) is 5.72. The maximum absolute atomic E-state index is 5.45. The van der Waals surface area contributed by atoms with Crippen LogP contribution in [-0.2, 0) is 11.3 Å². The first kappa shape index (κ1) is 13.9. The van der Waals surface area contributed by atoms with Crippen LogP contribution in [0.2, 0.25) is 0 Å². The monoisotopic (exact) mass is 335 g/mol. The molecule has 1 aromatic heterocycles. The maximum Gasteiger partial charge on any atom is 0.0479 e. The standard InChI is InChI=1S/C12H18BrNOS2/c1-16-12(3-5-15-6-4-12)9-14-8-11-10(13)2-7-17-11/h2,7,14H,3-6,8-9H2,1H3. The van der Waals surface area contributed by atoms with Gasteiger partial charge in [0.15, 0.2) is 0 Å². The van der Waals surface area contributed by atoms with E-state index in [9.17, 15) is 0 Å². The number of rotatable bonds is 5. The van der Waals surface area contributed by atoms with Crippen LogP contribution in [0.3, 0.4) is 0 Å². The molecule has 0 radical (unpaired) electrons. The fourth-order valence-corrected chi connectivity index (χ4v) is 4.33. The number of hydrogen-bond acceptors (Lipinski definition) is 4. The third-order valence-electron chi connectivity index (χ3n) is 3.26. The minimum Gasteiger partial charge on any atom is -0.381 e. The number of thioether (sulfide) groups is 1. The fourth-order valence-electron chi connectivity index (χ4n) is 2.05. The van der Waals surface area contributed by atoms with Crippen LogP contribution in [0.5, 0.6) is 0 Å². The van der Waals surface area contributed by atoms with E-state index in [1.807, 2.05) is 11.8 Å². The summed E-state index contributed by atoms with van der Waals surface area (Å²) < 4.78 is 7.05.